The van der Waals surface area contributed by atoms with Gasteiger partial charge in [-0.25, -0.2) is 14.7 Å². The van der Waals surface area contributed by atoms with Gasteiger partial charge in [0.05, 0.1) is 24.3 Å². The van der Waals surface area contributed by atoms with E-state index >= 15 is 0 Å². The van der Waals surface area contributed by atoms with Crippen LogP contribution >= 0.6 is 24.0 Å². The first-order chi connectivity index (χ1) is 16.1. The Kier molecular flexibility index (Phi) is 9.26. The molecule has 0 aliphatic heterocycles. The highest BCUT2D eigenvalue weighted by atomic mass is 127. The van der Waals surface area contributed by atoms with Crippen LogP contribution in [0.3, 0.4) is 0 Å². The molecule has 4 aromatic rings. The summed E-state index contributed by atoms with van der Waals surface area (Å²) in [5.41, 5.74) is 6.79. The Morgan fingerprint density at radius 2 is 1.82 bits per heavy atom. The normalized spacial score (nSPS) is 11.2. The molecule has 0 aliphatic carbocycles. The summed E-state index contributed by atoms with van der Waals surface area (Å²) in [5.74, 6) is 0.792. The van der Waals surface area contributed by atoms with E-state index in [1.54, 1.807) is 6.20 Å². The van der Waals surface area contributed by atoms with Crippen molar-refractivity contribution in [1.29, 1.82) is 0 Å². The van der Waals surface area contributed by atoms with Gasteiger partial charge >= 0.3 is 0 Å². The molecule has 0 amide bonds. The van der Waals surface area contributed by atoms with Crippen LogP contribution in [-0.2, 0) is 19.6 Å². The van der Waals surface area contributed by atoms with Gasteiger partial charge in [0.1, 0.15) is 0 Å². The number of hydrogen-bond donors (Lipinski definition) is 2. The Bertz CT molecular complexity index is 1210. The first-order valence-corrected chi connectivity index (χ1v) is 11.3. The van der Waals surface area contributed by atoms with Gasteiger partial charge in [0.2, 0.25) is 0 Å². The second-order valence-corrected chi connectivity index (χ2v) is 8.07. The molecule has 0 saturated carbocycles. The Morgan fingerprint density at radius 3 is 2.56 bits per heavy atom. The van der Waals surface area contributed by atoms with E-state index in [9.17, 15) is 0 Å². The molecule has 8 heteroatoms. The molecule has 7 nitrogen and oxygen atoms in total. The molecule has 0 radical (unpaired) electrons. The van der Waals surface area contributed by atoms with Gasteiger partial charge in [-0.15, -0.1) is 24.0 Å². The molecule has 0 spiro atoms. The second kappa shape index (κ2) is 12.4. The maximum Gasteiger partial charge on any atom is 0.191 e. The van der Waals surface area contributed by atoms with Crippen LogP contribution in [0, 0.1) is 13.8 Å². The molecule has 178 valence electrons. The fourth-order valence-electron chi connectivity index (χ4n) is 3.85. The van der Waals surface area contributed by atoms with Crippen molar-refractivity contribution in [2.75, 3.05) is 6.54 Å². The van der Waals surface area contributed by atoms with Crippen LogP contribution in [0.5, 0.6) is 0 Å². The summed E-state index contributed by atoms with van der Waals surface area (Å²) in [6.45, 7) is 9.03. The molecule has 0 aliphatic rings. The minimum atomic E-state index is 0. The molecular formula is C26H32IN7. The number of benzene rings is 2. The molecule has 0 atom stereocenters. The lowest BCUT2D eigenvalue weighted by atomic mass is 10.1. The quantitative estimate of drug-likeness (QED) is 0.185. The first-order valence-electron chi connectivity index (χ1n) is 11.3. The predicted molar refractivity (Wildman–Crippen MR) is 148 cm³/mol. The third kappa shape index (κ3) is 6.69. The van der Waals surface area contributed by atoms with Crippen molar-refractivity contribution in [3.63, 3.8) is 0 Å². The van der Waals surface area contributed by atoms with Crippen molar-refractivity contribution in [1.82, 2.24) is 30.0 Å². The van der Waals surface area contributed by atoms with Crippen molar-refractivity contribution in [3.8, 4) is 5.69 Å². The third-order valence-electron chi connectivity index (χ3n) is 5.36. The van der Waals surface area contributed by atoms with Crippen molar-refractivity contribution in [2.45, 2.75) is 40.4 Å². The maximum atomic E-state index is 4.81. The number of halogens is 1. The van der Waals surface area contributed by atoms with Crippen LogP contribution in [0.2, 0.25) is 0 Å². The minimum Gasteiger partial charge on any atom is -0.357 e. The van der Waals surface area contributed by atoms with Crippen molar-refractivity contribution in [2.24, 2.45) is 4.99 Å². The third-order valence-corrected chi connectivity index (χ3v) is 5.36. The highest BCUT2D eigenvalue weighted by Gasteiger charge is 2.09. The number of imidazole rings is 1. The Hall–Kier alpha value is -3.14. The summed E-state index contributed by atoms with van der Waals surface area (Å²) < 4.78 is 4.07. The minimum absolute atomic E-state index is 0. The lowest BCUT2D eigenvalue weighted by Gasteiger charge is -2.15. The highest BCUT2D eigenvalue weighted by molar-refractivity contribution is 14.0. The van der Waals surface area contributed by atoms with Crippen LogP contribution in [-0.4, -0.2) is 31.8 Å². The maximum absolute atomic E-state index is 4.81. The van der Waals surface area contributed by atoms with Crippen molar-refractivity contribution in [3.05, 3.63) is 101 Å². The second-order valence-electron chi connectivity index (χ2n) is 8.07. The van der Waals surface area contributed by atoms with Crippen LogP contribution in [0.25, 0.3) is 5.69 Å². The summed E-state index contributed by atoms with van der Waals surface area (Å²) in [6, 6.07) is 19.0. The number of aliphatic imine (C=N–C) groups is 1. The standard InChI is InChI=1S/C26H31N7.HI/c1-4-28-26(29-16-22-8-7-9-23(15-22)18-32-13-12-27-19-32)30-17-24-10-5-6-11-25(24)33-21(3)14-20(2)31-33;/h5-15,19H,4,16-18H2,1-3H3,(H2,28,29,30);1H. The van der Waals surface area contributed by atoms with Gasteiger partial charge < -0.3 is 15.2 Å². The fraction of sp³-hybridized carbons (Fsp3) is 0.269. The van der Waals surface area contributed by atoms with Crippen LogP contribution < -0.4 is 10.6 Å². The average Bonchev–Trinajstić information content (AvgIpc) is 3.45. The summed E-state index contributed by atoms with van der Waals surface area (Å²) in [4.78, 5) is 8.93. The molecule has 34 heavy (non-hydrogen) atoms. The largest absolute Gasteiger partial charge is 0.357 e. The molecular weight excluding hydrogens is 537 g/mol. The number of aromatic nitrogens is 4. The zero-order chi connectivity index (χ0) is 23.0. The van der Waals surface area contributed by atoms with E-state index in [-0.39, 0.29) is 24.0 Å². The number of guanidine groups is 1. The van der Waals surface area contributed by atoms with Gasteiger partial charge in [0.15, 0.2) is 5.96 Å². The molecule has 4 rings (SSSR count). The molecule has 2 aromatic heterocycles. The summed E-state index contributed by atoms with van der Waals surface area (Å²) in [5, 5.41) is 11.5. The van der Waals surface area contributed by atoms with E-state index in [2.05, 4.69) is 87.7 Å². The molecule has 0 saturated heterocycles. The number of para-hydroxylation sites is 1. The van der Waals surface area contributed by atoms with Crippen molar-refractivity contribution >= 4 is 29.9 Å². The smallest absolute Gasteiger partial charge is 0.191 e. The molecule has 2 heterocycles. The van der Waals surface area contributed by atoms with Gasteiger partial charge in [-0.3, -0.25) is 0 Å². The van der Waals surface area contributed by atoms with Crippen molar-refractivity contribution < 1.29 is 0 Å². The SMILES string of the molecule is CCNC(=NCc1cccc(Cn2ccnc2)c1)NCc1ccccc1-n1nc(C)cc1C.I. The number of rotatable bonds is 8. The molecule has 0 bridgehead atoms. The first kappa shape index (κ1) is 25.5. The van der Waals surface area contributed by atoms with E-state index < -0.39 is 0 Å². The Labute approximate surface area is 218 Å². The number of nitrogens with zero attached hydrogens (tertiary/aromatic N) is 5. The van der Waals surface area contributed by atoms with Crippen LogP contribution in [0.15, 0.2) is 78.3 Å². The highest BCUT2D eigenvalue weighted by Crippen LogP contribution is 2.17. The average molecular weight is 569 g/mol. The van der Waals surface area contributed by atoms with Gasteiger partial charge in [-0.2, -0.15) is 5.10 Å². The van der Waals surface area contributed by atoms with E-state index in [4.69, 9.17) is 4.99 Å². The zero-order valence-electron chi connectivity index (χ0n) is 19.9. The molecule has 2 aromatic carbocycles. The lowest BCUT2D eigenvalue weighted by molar-refractivity contribution is 0.782. The molecule has 2 N–H and O–H groups in total. The molecule has 0 fully saturated rings. The Balaban J connectivity index is 0.00000324. The molecule has 0 unspecified atom stereocenters. The van der Waals surface area contributed by atoms with Gasteiger partial charge in [0.25, 0.3) is 0 Å². The van der Waals surface area contributed by atoms with Crippen LogP contribution in [0.4, 0.5) is 0 Å². The lowest BCUT2D eigenvalue weighted by Crippen LogP contribution is -2.37. The predicted octanol–water partition coefficient (Wildman–Crippen LogP) is 4.61. The fourth-order valence-corrected chi connectivity index (χ4v) is 3.85. The van der Waals surface area contributed by atoms with E-state index in [0.717, 1.165) is 41.7 Å². The number of hydrogen-bond acceptors (Lipinski definition) is 3. The summed E-state index contributed by atoms with van der Waals surface area (Å²) >= 11 is 0. The van der Waals surface area contributed by atoms with E-state index in [0.29, 0.717) is 13.1 Å². The summed E-state index contributed by atoms with van der Waals surface area (Å²) in [7, 11) is 0. The van der Waals surface area contributed by atoms with Gasteiger partial charge in [0, 0.05) is 37.7 Å². The number of aryl methyl sites for hydroxylation is 2. The van der Waals surface area contributed by atoms with E-state index in [1.165, 1.54) is 11.1 Å². The van der Waals surface area contributed by atoms with Crippen LogP contribution in [0.1, 0.15) is 35.0 Å². The monoisotopic (exact) mass is 569 g/mol. The number of nitrogens with one attached hydrogen (secondary N) is 2. The summed E-state index contributed by atoms with van der Waals surface area (Å²) in [6.07, 6.45) is 5.61. The zero-order valence-corrected chi connectivity index (χ0v) is 22.2. The topological polar surface area (TPSA) is 72.1 Å². The van der Waals surface area contributed by atoms with E-state index in [1.807, 2.05) is 30.2 Å². The van der Waals surface area contributed by atoms with Gasteiger partial charge in [-0.05, 0) is 49.6 Å². The Morgan fingerprint density at radius 1 is 1.00 bits per heavy atom. The van der Waals surface area contributed by atoms with Gasteiger partial charge in [-0.1, -0.05) is 42.5 Å².